The lowest BCUT2D eigenvalue weighted by Crippen LogP contribution is -2.31. The molecule has 2 aliphatic heterocycles. The fourth-order valence-electron chi connectivity index (χ4n) is 3.46. The summed E-state index contributed by atoms with van der Waals surface area (Å²) in [6, 6.07) is 7.88. The maximum Gasteiger partial charge on any atom is 0.407 e. The lowest BCUT2D eigenvalue weighted by atomic mass is 9.87. The fourth-order valence-corrected chi connectivity index (χ4v) is 3.46. The van der Waals surface area contributed by atoms with Crippen LogP contribution in [0.1, 0.15) is 24.8 Å². The summed E-state index contributed by atoms with van der Waals surface area (Å²) < 4.78 is 0. The number of carbonyl (C=O) groups excluding carboxylic acids is 1. The maximum absolute atomic E-state index is 11.8. The van der Waals surface area contributed by atoms with E-state index in [1.165, 1.54) is 4.90 Å². The highest BCUT2D eigenvalue weighted by molar-refractivity contribution is 5.92. The largest absolute Gasteiger partial charge is 0.465 e. The van der Waals surface area contributed by atoms with Gasteiger partial charge in [-0.2, -0.15) is 0 Å². The number of carbonyl (C=O) groups is 2. The molecule has 2 heterocycles. The Labute approximate surface area is 117 Å². The molecule has 0 aromatic heterocycles. The summed E-state index contributed by atoms with van der Waals surface area (Å²) in [4.78, 5) is 26.3. The Hall–Kier alpha value is -2.04. The third kappa shape index (κ3) is 2.03. The number of anilines is 1. The molecule has 1 N–H and O–H groups in total. The highest BCUT2D eigenvalue weighted by Gasteiger charge is 2.39. The van der Waals surface area contributed by atoms with Crippen LogP contribution in [0, 0.1) is 5.92 Å². The zero-order valence-corrected chi connectivity index (χ0v) is 11.5. The van der Waals surface area contributed by atoms with Gasteiger partial charge in [-0.15, -0.1) is 0 Å². The predicted molar refractivity (Wildman–Crippen MR) is 74.9 cm³/mol. The number of rotatable bonds is 0. The minimum Gasteiger partial charge on any atom is -0.465 e. The van der Waals surface area contributed by atoms with Crippen LogP contribution in [0.5, 0.6) is 0 Å². The van der Waals surface area contributed by atoms with E-state index in [-0.39, 0.29) is 11.8 Å². The summed E-state index contributed by atoms with van der Waals surface area (Å²) >= 11 is 0. The van der Waals surface area contributed by atoms with E-state index in [1.54, 1.807) is 6.92 Å². The van der Waals surface area contributed by atoms with E-state index < -0.39 is 6.09 Å². The number of fused-ring (bicyclic) bond motifs is 3. The molecule has 0 aliphatic carbocycles. The van der Waals surface area contributed by atoms with Crippen molar-refractivity contribution in [2.45, 2.75) is 19.3 Å². The number of nitrogens with zero attached hydrogens (tertiary/aromatic N) is 2. The Morgan fingerprint density at radius 2 is 2.00 bits per heavy atom. The topological polar surface area (TPSA) is 60.9 Å². The molecule has 5 nitrogen and oxygen atoms in total. The van der Waals surface area contributed by atoms with Crippen LogP contribution in [0.15, 0.2) is 24.3 Å². The normalized spacial score (nSPS) is 24.9. The Morgan fingerprint density at radius 1 is 1.25 bits per heavy atom. The van der Waals surface area contributed by atoms with Gasteiger partial charge < -0.3 is 14.9 Å². The molecular weight excluding hydrogens is 256 g/mol. The van der Waals surface area contributed by atoms with Gasteiger partial charge >= 0.3 is 6.09 Å². The van der Waals surface area contributed by atoms with Crippen LogP contribution in [-0.4, -0.2) is 41.6 Å². The number of hydrogen-bond donors (Lipinski definition) is 1. The molecule has 1 aromatic carbocycles. The summed E-state index contributed by atoms with van der Waals surface area (Å²) in [5.41, 5.74) is 2.05. The van der Waals surface area contributed by atoms with Crippen LogP contribution in [0.25, 0.3) is 0 Å². The number of para-hydroxylation sites is 1. The first kappa shape index (κ1) is 13.0. The Balaban J connectivity index is 2.00. The molecule has 2 unspecified atom stereocenters. The van der Waals surface area contributed by atoms with Crippen LogP contribution in [0.4, 0.5) is 10.5 Å². The maximum atomic E-state index is 11.8. The van der Waals surface area contributed by atoms with Crippen LogP contribution in [0.3, 0.4) is 0 Å². The quantitative estimate of drug-likeness (QED) is 0.788. The first-order valence-electron chi connectivity index (χ1n) is 6.93. The molecule has 20 heavy (non-hydrogen) atoms. The Bertz CT molecular complexity index is 558. The van der Waals surface area contributed by atoms with Crippen molar-refractivity contribution >= 4 is 17.7 Å². The van der Waals surface area contributed by atoms with Crippen LogP contribution >= 0.6 is 0 Å². The van der Waals surface area contributed by atoms with Crippen molar-refractivity contribution in [1.82, 2.24) is 4.90 Å². The van der Waals surface area contributed by atoms with E-state index in [4.69, 9.17) is 0 Å². The summed E-state index contributed by atoms with van der Waals surface area (Å²) in [7, 11) is 0. The van der Waals surface area contributed by atoms with E-state index in [1.807, 2.05) is 29.2 Å². The van der Waals surface area contributed by atoms with Gasteiger partial charge in [-0.05, 0) is 24.0 Å². The van der Waals surface area contributed by atoms with Gasteiger partial charge in [0.1, 0.15) is 0 Å². The number of likely N-dealkylation sites (tertiary alicyclic amines) is 1. The van der Waals surface area contributed by atoms with Gasteiger partial charge in [0.15, 0.2) is 0 Å². The van der Waals surface area contributed by atoms with Crippen molar-refractivity contribution < 1.29 is 14.7 Å². The molecule has 2 atom stereocenters. The minimum atomic E-state index is -0.848. The highest BCUT2D eigenvalue weighted by atomic mass is 16.4. The molecular formula is C15H18N2O3. The number of benzene rings is 1. The molecule has 106 valence electrons. The third-order valence-corrected chi connectivity index (χ3v) is 4.44. The van der Waals surface area contributed by atoms with Crippen molar-refractivity contribution in [1.29, 1.82) is 0 Å². The van der Waals surface area contributed by atoms with E-state index in [2.05, 4.69) is 0 Å². The second-order valence-corrected chi connectivity index (χ2v) is 5.57. The molecule has 3 rings (SSSR count). The number of carboxylic acid groups (broad SMARTS) is 1. The third-order valence-electron chi connectivity index (χ3n) is 4.44. The van der Waals surface area contributed by atoms with Crippen LogP contribution in [0.2, 0.25) is 0 Å². The van der Waals surface area contributed by atoms with Gasteiger partial charge in [-0.25, -0.2) is 4.79 Å². The second kappa shape index (κ2) is 4.81. The van der Waals surface area contributed by atoms with E-state index in [0.717, 1.165) is 17.7 Å². The van der Waals surface area contributed by atoms with Crippen molar-refractivity contribution in [2.24, 2.45) is 5.92 Å². The number of hydrogen-bond acceptors (Lipinski definition) is 2. The monoisotopic (exact) mass is 274 g/mol. The van der Waals surface area contributed by atoms with Crippen molar-refractivity contribution in [2.75, 3.05) is 24.5 Å². The molecule has 0 saturated carbocycles. The van der Waals surface area contributed by atoms with Crippen LogP contribution in [-0.2, 0) is 4.79 Å². The molecule has 2 amide bonds. The summed E-state index contributed by atoms with van der Waals surface area (Å²) in [5.74, 6) is 0.552. The summed E-state index contributed by atoms with van der Waals surface area (Å²) in [5, 5.41) is 9.18. The molecule has 0 spiro atoms. The molecule has 5 heteroatoms. The molecule has 1 aromatic rings. The lowest BCUT2D eigenvalue weighted by molar-refractivity contribution is -0.116. The van der Waals surface area contributed by atoms with E-state index in [0.29, 0.717) is 25.6 Å². The second-order valence-electron chi connectivity index (χ2n) is 5.57. The first-order valence-corrected chi connectivity index (χ1v) is 6.93. The fraction of sp³-hybridized carbons (Fsp3) is 0.467. The van der Waals surface area contributed by atoms with Gasteiger partial charge in [-0.3, -0.25) is 4.79 Å². The Morgan fingerprint density at radius 3 is 2.70 bits per heavy atom. The number of amides is 2. The molecule has 0 bridgehead atoms. The van der Waals surface area contributed by atoms with E-state index >= 15 is 0 Å². The molecule has 2 aliphatic rings. The molecule has 1 saturated heterocycles. The zero-order valence-electron chi connectivity index (χ0n) is 11.5. The Kier molecular flexibility index (Phi) is 3.12. The highest BCUT2D eigenvalue weighted by Crippen LogP contribution is 2.42. The SMILES string of the molecule is CC(=O)N1CCC2CN(C(=O)O)CC2c2ccccc21. The van der Waals surface area contributed by atoms with Gasteiger partial charge in [0.2, 0.25) is 5.91 Å². The average molecular weight is 274 g/mol. The van der Waals surface area contributed by atoms with Gasteiger partial charge in [0.25, 0.3) is 0 Å². The molecule has 0 radical (unpaired) electrons. The summed E-state index contributed by atoms with van der Waals surface area (Å²) in [6.07, 6.45) is 0.00174. The minimum absolute atomic E-state index is 0.0486. The van der Waals surface area contributed by atoms with Gasteiger partial charge in [0, 0.05) is 38.2 Å². The molecule has 1 fully saturated rings. The average Bonchev–Trinajstić information content (AvgIpc) is 2.77. The van der Waals surface area contributed by atoms with Crippen molar-refractivity contribution in [3.63, 3.8) is 0 Å². The van der Waals surface area contributed by atoms with Gasteiger partial charge in [0.05, 0.1) is 0 Å². The summed E-state index contributed by atoms with van der Waals surface area (Å²) in [6.45, 7) is 3.35. The predicted octanol–water partition coefficient (Wildman–Crippen LogP) is 2.14. The standard InChI is InChI=1S/C15H18N2O3/c1-10(18)17-7-6-11-8-16(15(19)20)9-13(11)12-4-2-3-5-14(12)17/h2-5,11,13H,6-9H2,1H3,(H,19,20). The van der Waals surface area contributed by atoms with E-state index in [9.17, 15) is 14.7 Å². The van der Waals surface area contributed by atoms with Crippen LogP contribution < -0.4 is 4.90 Å². The zero-order chi connectivity index (χ0) is 14.3. The van der Waals surface area contributed by atoms with Crippen molar-refractivity contribution in [3.05, 3.63) is 29.8 Å². The van der Waals surface area contributed by atoms with Crippen molar-refractivity contribution in [3.8, 4) is 0 Å². The first-order chi connectivity index (χ1) is 9.58. The lowest BCUT2D eigenvalue weighted by Gasteiger charge is -2.23. The van der Waals surface area contributed by atoms with Gasteiger partial charge in [-0.1, -0.05) is 18.2 Å². The smallest absolute Gasteiger partial charge is 0.407 e.